The van der Waals surface area contributed by atoms with Gasteiger partial charge in [0, 0.05) is 29.2 Å². The second-order valence-electron chi connectivity index (χ2n) is 6.88. The number of hydrogen-bond donors (Lipinski definition) is 2. The Hall–Kier alpha value is -2.50. The lowest BCUT2D eigenvalue weighted by Crippen LogP contribution is -2.39. The van der Waals surface area contributed by atoms with Crippen LogP contribution in [0.5, 0.6) is 0 Å². The van der Waals surface area contributed by atoms with Crippen LogP contribution in [0.15, 0.2) is 35.5 Å². The molecule has 11 heteroatoms. The van der Waals surface area contributed by atoms with Crippen molar-refractivity contribution in [2.75, 3.05) is 12.8 Å². The molecule has 3 rings (SSSR count). The van der Waals surface area contributed by atoms with E-state index in [2.05, 4.69) is 15.3 Å². The van der Waals surface area contributed by atoms with Crippen LogP contribution in [0.1, 0.15) is 32.7 Å². The molecule has 0 saturated heterocycles. The number of carbonyl (C=O) groups is 2. The van der Waals surface area contributed by atoms with Crippen LogP contribution >= 0.6 is 23.1 Å². The SMILES string of the molecule is CNC(=O)[C@](C)(O)c1ccc(C(=O)CSc2nc(C)cc3ncc(C(F)(F)F)cc23)s1. The van der Waals surface area contributed by atoms with Crippen molar-refractivity contribution in [1.82, 2.24) is 15.3 Å². The fourth-order valence-electron chi connectivity index (χ4n) is 2.79. The number of carbonyl (C=O) groups excluding carboxylic acids is 2. The number of fused-ring (bicyclic) bond motifs is 1. The number of thioether (sulfide) groups is 1. The van der Waals surface area contributed by atoms with Gasteiger partial charge in [-0.3, -0.25) is 14.6 Å². The summed E-state index contributed by atoms with van der Waals surface area (Å²) in [6, 6.07) is 5.56. The van der Waals surface area contributed by atoms with Gasteiger partial charge in [0.25, 0.3) is 5.91 Å². The predicted octanol–water partition coefficient (Wildman–Crippen LogP) is 3.95. The lowest BCUT2D eigenvalue weighted by molar-refractivity contribution is -0.138. The van der Waals surface area contributed by atoms with Gasteiger partial charge >= 0.3 is 6.18 Å². The standard InChI is InChI=1S/C20H18F3N3O3S2/c1-10-6-13-12(7-11(8-25-13)20(21,22)23)17(26-10)30-9-14(27)15-4-5-16(31-15)19(2,29)18(28)24-3/h4-8,29H,9H2,1-3H3,(H,24,28)/t19-/m1/s1. The zero-order chi connectivity index (χ0) is 23.0. The highest BCUT2D eigenvalue weighted by atomic mass is 32.2. The summed E-state index contributed by atoms with van der Waals surface area (Å²) in [6.45, 7) is 3.02. The number of thiophene rings is 1. The number of halogens is 3. The maximum absolute atomic E-state index is 13.1. The molecule has 3 aromatic heterocycles. The zero-order valence-electron chi connectivity index (χ0n) is 16.7. The van der Waals surface area contributed by atoms with E-state index in [0.29, 0.717) is 21.0 Å². The van der Waals surface area contributed by atoms with Gasteiger partial charge in [-0.1, -0.05) is 11.8 Å². The third-order valence-corrected chi connectivity index (χ3v) is 6.80. The van der Waals surface area contributed by atoms with Crippen LogP contribution in [-0.4, -0.2) is 39.6 Å². The number of amides is 1. The van der Waals surface area contributed by atoms with Crippen molar-refractivity contribution >= 4 is 45.7 Å². The molecule has 0 bridgehead atoms. The second-order valence-corrected chi connectivity index (χ2v) is 8.93. The summed E-state index contributed by atoms with van der Waals surface area (Å²) in [6.07, 6.45) is -3.77. The van der Waals surface area contributed by atoms with Crippen LogP contribution in [0.4, 0.5) is 13.2 Å². The van der Waals surface area contributed by atoms with Crippen molar-refractivity contribution in [3.05, 3.63) is 51.5 Å². The van der Waals surface area contributed by atoms with E-state index >= 15 is 0 Å². The van der Waals surface area contributed by atoms with Crippen LogP contribution in [0.2, 0.25) is 0 Å². The number of rotatable bonds is 6. The molecule has 0 aliphatic carbocycles. The molecule has 6 nitrogen and oxygen atoms in total. The van der Waals surface area contributed by atoms with Crippen molar-refractivity contribution in [2.24, 2.45) is 0 Å². The van der Waals surface area contributed by atoms with E-state index in [4.69, 9.17) is 0 Å². The van der Waals surface area contributed by atoms with Gasteiger partial charge in [0.1, 0.15) is 5.03 Å². The average molecular weight is 470 g/mol. The Bertz CT molecular complexity index is 1160. The predicted molar refractivity (Wildman–Crippen MR) is 112 cm³/mol. The smallest absolute Gasteiger partial charge is 0.375 e. The molecule has 164 valence electrons. The Morgan fingerprint density at radius 1 is 1.26 bits per heavy atom. The lowest BCUT2D eigenvalue weighted by atomic mass is 10.0. The molecule has 0 aromatic carbocycles. The number of alkyl halides is 3. The van der Waals surface area contributed by atoms with E-state index in [1.165, 1.54) is 26.1 Å². The van der Waals surface area contributed by atoms with Crippen molar-refractivity contribution in [1.29, 1.82) is 0 Å². The molecule has 0 aliphatic rings. The van der Waals surface area contributed by atoms with Gasteiger partial charge in [0.15, 0.2) is 11.4 Å². The van der Waals surface area contributed by atoms with E-state index in [1.54, 1.807) is 13.0 Å². The first-order valence-corrected chi connectivity index (χ1v) is 10.8. The van der Waals surface area contributed by atoms with Gasteiger partial charge in [0.05, 0.1) is 21.7 Å². The summed E-state index contributed by atoms with van der Waals surface area (Å²) in [7, 11) is 1.39. The molecule has 3 heterocycles. The first kappa shape index (κ1) is 23.2. The normalized spacial score (nSPS) is 13.8. The van der Waals surface area contributed by atoms with E-state index in [1.807, 2.05) is 0 Å². The number of Topliss-reactive ketones (excluding diaryl/α,β-unsaturated/α-hetero) is 1. The van der Waals surface area contributed by atoms with Crippen molar-refractivity contribution in [2.45, 2.75) is 30.7 Å². The van der Waals surface area contributed by atoms with Gasteiger partial charge in [0.2, 0.25) is 0 Å². The minimum Gasteiger partial charge on any atom is -0.375 e. The largest absolute Gasteiger partial charge is 0.417 e. The maximum Gasteiger partial charge on any atom is 0.417 e. The van der Waals surface area contributed by atoms with Crippen LogP contribution in [0.3, 0.4) is 0 Å². The molecule has 1 atom stereocenters. The fraction of sp³-hybridized carbons (Fsp3) is 0.300. The Labute approximate surface area is 183 Å². The first-order chi connectivity index (χ1) is 14.4. The van der Waals surface area contributed by atoms with Gasteiger partial charge in [-0.25, -0.2) is 4.98 Å². The summed E-state index contributed by atoms with van der Waals surface area (Å²) < 4.78 is 39.2. The van der Waals surface area contributed by atoms with Crippen LogP contribution < -0.4 is 5.32 Å². The van der Waals surface area contributed by atoms with Crippen LogP contribution in [0, 0.1) is 6.92 Å². The van der Waals surface area contributed by atoms with Gasteiger partial charge in [-0.05, 0) is 38.1 Å². The molecule has 0 spiro atoms. The molecular weight excluding hydrogens is 451 g/mol. The molecule has 0 saturated carbocycles. The summed E-state index contributed by atoms with van der Waals surface area (Å²) in [5.74, 6) is -0.986. The zero-order valence-corrected chi connectivity index (χ0v) is 18.3. The summed E-state index contributed by atoms with van der Waals surface area (Å²) >= 11 is 1.99. The minimum absolute atomic E-state index is 0.0795. The summed E-state index contributed by atoms with van der Waals surface area (Å²) in [5.41, 5.74) is -1.75. The minimum atomic E-state index is -4.54. The maximum atomic E-state index is 13.1. The van der Waals surface area contributed by atoms with E-state index < -0.39 is 23.2 Å². The molecule has 31 heavy (non-hydrogen) atoms. The third-order valence-electron chi connectivity index (χ3n) is 4.47. The van der Waals surface area contributed by atoms with Crippen molar-refractivity contribution < 1.29 is 27.9 Å². The Balaban J connectivity index is 1.84. The van der Waals surface area contributed by atoms with Gasteiger partial charge < -0.3 is 10.4 Å². The fourth-order valence-corrected chi connectivity index (χ4v) is 4.82. The second kappa shape index (κ2) is 8.56. The number of aryl methyl sites for hydroxylation is 1. The molecule has 0 fully saturated rings. The molecule has 0 radical (unpaired) electrons. The van der Waals surface area contributed by atoms with Crippen molar-refractivity contribution in [3.63, 3.8) is 0 Å². The molecule has 3 aromatic rings. The first-order valence-electron chi connectivity index (χ1n) is 8.99. The molecule has 2 N–H and O–H groups in total. The summed E-state index contributed by atoms with van der Waals surface area (Å²) in [5, 5.41) is 13.2. The number of pyridine rings is 2. The highest BCUT2D eigenvalue weighted by molar-refractivity contribution is 8.00. The lowest BCUT2D eigenvalue weighted by Gasteiger charge is -2.19. The number of nitrogens with zero attached hydrogens (tertiary/aromatic N) is 2. The van der Waals surface area contributed by atoms with E-state index in [0.717, 1.165) is 35.4 Å². The van der Waals surface area contributed by atoms with E-state index in [9.17, 15) is 27.9 Å². The number of ketones is 1. The Morgan fingerprint density at radius 2 is 1.97 bits per heavy atom. The van der Waals surface area contributed by atoms with E-state index in [-0.39, 0.29) is 21.9 Å². The Morgan fingerprint density at radius 3 is 2.61 bits per heavy atom. The number of hydrogen-bond acceptors (Lipinski definition) is 7. The number of nitrogens with one attached hydrogen (secondary N) is 1. The number of aliphatic hydroxyl groups is 1. The highest BCUT2D eigenvalue weighted by Crippen LogP contribution is 2.34. The van der Waals surface area contributed by atoms with Gasteiger partial charge in [-0.2, -0.15) is 13.2 Å². The molecule has 1 amide bonds. The average Bonchev–Trinajstić information content (AvgIpc) is 3.21. The number of aromatic nitrogens is 2. The Kier molecular flexibility index (Phi) is 6.40. The van der Waals surface area contributed by atoms with Gasteiger partial charge in [-0.15, -0.1) is 11.3 Å². The van der Waals surface area contributed by atoms with Crippen molar-refractivity contribution in [3.8, 4) is 0 Å². The molecular formula is C20H18F3N3O3S2. The number of likely N-dealkylation sites (N-methyl/N-ethyl adjacent to an activating group) is 1. The monoisotopic (exact) mass is 469 g/mol. The quantitative estimate of drug-likeness (QED) is 0.420. The molecule has 0 unspecified atom stereocenters. The summed E-state index contributed by atoms with van der Waals surface area (Å²) in [4.78, 5) is 33.3. The van der Waals surface area contributed by atoms with Crippen LogP contribution in [-0.2, 0) is 16.6 Å². The third kappa shape index (κ3) is 4.89. The molecule has 0 aliphatic heterocycles. The van der Waals surface area contributed by atoms with Crippen LogP contribution in [0.25, 0.3) is 10.9 Å². The highest BCUT2D eigenvalue weighted by Gasteiger charge is 2.34. The topological polar surface area (TPSA) is 92.2 Å².